The molecule has 55 heavy (non-hydrogen) atoms. The number of aliphatic hydroxyl groups excluding tert-OH is 1. The SMILES string of the molecule is COc1cc([C@H]2Oc3c(ccc4c3[C@@]3(CC[C@@H]([C@H](CCc5ccccc5)C5=CNC(N)C=C5)C3)Cc3cc(O)cc(OCO)c3-4)[C@@H]2COC(C)=O)ccc1O. The lowest BCUT2D eigenvalue weighted by atomic mass is 9.64. The number of aromatic hydroxyl groups is 2. The third-order valence-electron chi connectivity index (χ3n) is 12.1. The smallest absolute Gasteiger partial charge is 0.302 e. The van der Waals surface area contributed by atoms with Gasteiger partial charge in [0.15, 0.2) is 18.3 Å². The van der Waals surface area contributed by atoms with Crippen LogP contribution in [0.15, 0.2) is 96.7 Å². The largest absolute Gasteiger partial charge is 0.508 e. The highest BCUT2D eigenvalue weighted by molar-refractivity contribution is 5.84. The van der Waals surface area contributed by atoms with Gasteiger partial charge in [0.25, 0.3) is 0 Å². The molecule has 0 aromatic heterocycles. The van der Waals surface area contributed by atoms with E-state index in [0.717, 1.165) is 71.2 Å². The van der Waals surface area contributed by atoms with Gasteiger partial charge < -0.3 is 45.3 Å². The fourth-order valence-electron chi connectivity index (χ4n) is 9.70. The number of phenolic OH excluding ortho intramolecular Hbond substituents is 2. The van der Waals surface area contributed by atoms with Crippen LogP contribution in [-0.4, -0.2) is 48.0 Å². The van der Waals surface area contributed by atoms with Crippen molar-refractivity contribution in [2.24, 2.45) is 17.6 Å². The minimum absolute atomic E-state index is 0.0184. The van der Waals surface area contributed by atoms with Crippen molar-refractivity contribution in [2.75, 3.05) is 20.5 Å². The van der Waals surface area contributed by atoms with Crippen LogP contribution in [0, 0.1) is 11.8 Å². The third kappa shape index (κ3) is 6.89. The maximum Gasteiger partial charge on any atom is 0.302 e. The maximum absolute atomic E-state index is 12.2. The second-order valence-corrected chi connectivity index (χ2v) is 15.3. The molecule has 0 radical (unpaired) electrons. The van der Waals surface area contributed by atoms with Crippen LogP contribution in [0.5, 0.6) is 28.7 Å². The average Bonchev–Trinajstić information content (AvgIpc) is 3.76. The van der Waals surface area contributed by atoms with E-state index in [4.69, 9.17) is 24.7 Å². The zero-order chi connectivity index (χ0) is 38.3. The Bertz CT molecular complexity index is 2150. The van der Waals surface area contributed by atoms with Crippen LogP contribution in [0.1, 0.15) is 72.4 Å². The van der Waals surface area contributed by atoms with Gasteiger partial charge in [-0.2, -0.15) is 0 Å². The van der Waals surface area contributed by atoms with Gasteiger partial charge in [-0.05, 0) is 102 Å². The molecule has 2 aliphatic carbocycles. The van der Waals surface area contributed by atoms with Gasteiger partial charge in [-0.1, -0.05) is 54.6 Å². The molecular formula is C45H48N2O8. The van der Waals surface area contributed by atoms with Crippen LogP contribution in [0.3, 0.4) is 0 Å². The number of methoxy groups -OCH3 is 1. The number of aliphatic hydroxyl groups is 1. The highest BCUT2D eigenvalue weighted by Crippen LogP contribution is 2.63. The fourth-order valence-corrected chi connectivity index (χ4v) is 9.70. The first-order valence-corrected chi connectivity index (χ1v) is 19.1. The van der Waals surface area contributed by atoms with Crippen molar-refractivity contribution in [1.82, 2.24) is 5.32 Å². The summed E-state index contributed by atoms with van der Waals surface area (Å²) < 4.78 is 24.0. The van der Waals surface area contributed by atoms with Gasteiger partial charge in [0.2, 0.25) is 0 Å². The number of rotatable bonds is 11. The van der Waals surface area contributed by atoms with Crippen LogP contribution in [0.2, 0.25) is 0 Å². The van der Waals surface area contributed by atoms with E-state index in [0.29, 0.717) is 23.8 Å². The molecule has 10 nitrogen and oxygen atoms in total. The van der Waals surface area contributed by atoms with Crippen LogP contribution in [-0.2, 0) is 27.8 Å². The van der Waals surface area contributed by atoms with E-state index in [9.17, 15) is 20.1 Å². The van der Waals surface area contributed by atoms with E-state index in [1.807, 2.05) is 30.3 Å². The zero-order valence-corrected chi connectivity index (χ0v) is 31.2. The Balaban J connectivity index is 1.26. The van der Waals surface area contributed by atoms with Crippen molar-refractivity contribution in [1.29, 1.82) is 0 Å². The topological polar surface area (TPSA) is 153 Å². The number of aryl methyl sites for hydroxylation is 1. The highest BCUT2D eigenvalue weighted by atomic mass is 16.6. The summed E-state index contributed by atoms with van der Waals surface area (Å²) in [5.74, 6) is 1.43. The normalized spacial score (nSPS) is 23.8. The predicted octanol–water partition coefficient (Wildman–Crippen LogP) is 7.05. The summed E-state index contributed by atoms with van der Waals surface area (Å²) in [6.07, 6.45) is 10.8. The maximum atomic E-state index is 12.2. The second-order valence-electron chi connectivity index (χ2n) is 15.3. The Kier molecular flexibility index (Phi) is 9.96. The lowest BCUT2D eigenvalue weighted by Crippen LogP contribution is -2.35. The summed E-state index contributed by atoms with van der Waals surface area (Å²) in [6, 6.07) is 23.3. The van der Waals surface area contributed by atoms with E-state index in [1.165, 1.54) is 25.2 Å². The number of carbonyl (C=O) groups is 1. The van der Waals surface area contributed by atoms with Gasteiger partial charge in [-0.3, -0.25) is 4.79 Å². The molecule has 1 saturated carbocycles. The van der Waals surface area contributed by atoms with Crippen molar-refractivity contribution < 1.29 is 39.1 Å². The standard InChI is InChI=1S/C45H48N2O8/c1-26(49)53-24-36-34-12-13-35-41-31(18-32(50)20-39(41)54-25-48)22-45(42(35)44(34)55-43(36)28-9-14-37(51)38(19-28)52-2)17-16-29(21-45)33(30-10-15-40(46)47-23-30)11-8-27-6-4-3-5-7-27/h3-7,9-10,12-15,18-20,23,29,33,36,40,43,47-48,50-51H,8,11,16-17,21-22,24-25,46H2,1-2H3/t29-,33+,36+,40?,43-,45-/m1/s1. The summed E-state index contributed by atoms with van der Waals surface area (Å²) in [4.78, 5) is 12.2. The van der Waals surface area contributed by atoms with Crippen molar-refractivity contribution in [3.8, 4) is 39.9 Å². The molecule has 8 rings (SSSR count). The van der Waals surface area contributed by atoms with Crippen molar-refractivity contribution in [3.05, 3.63) is 125 Å². The molecule has 4 aliphatic rings. The number of hydrogen-bond donors (Lipinski definition) is 5. The van der Waals surface area contributed by atoms with Gasteiger partial charge in [-0.25, -0.2) is 0 Å². The summed E-state index contributed by atoms with van der Waals surface area (Å²) in [5, 5.41) is 34.6. The lowest BCUT2D eigenvalue weighted by Gasteiger charge is -2.40. The number of dihydropyridines is 1. The Labute approximate surface area is 321 Å². The molecule has 4 aromatic rings. The second kappa shape index (κ2) is 15.0. The van der Waals surface area contributed by atoms with Gasteiger partial charge in [0.05, 0.1) is 19.2 Å². The van der Waals surface area contributed by atoms with E-state index in [1.54, 1.807) is 18.2 Å². The van der Waals surface area contributed by atoms with E-state index < -0.39 is 12.9 Å². The summed E-state index contributed by atoms with van der Waals surface area (Å²) >= 11 is 0. The molecule has 6 N–H and O–H groups in total. The molecule has 1 fully saturated rings. The predicted molar refractivity (Wildman–Crippen MR) is 208 cm³/mol. The Morgan fingerprint density at radius 3 is 2.65 bits per heavy atom. The molecule has 6 atom stereocenters. The van der Waals surface area contributed by atoms with Gasteiger partial charge in [0, 0.05) is 41.3 Å². The molecule has 1 unspecified atom stereocenters. The first kappa shape index (κ1) is 36.5. The van der Waals surface area contributed by atoms with E-state index in [-0.39, 0.29) is 47.5 Å². The minimum Gasteiger partial charge on any atom is -0.508 e. The van der Waals surface area contributed by atoms with Gasteiger partial charge in [-0.15, -0.1) is 0 Å². The zero-order valence-electron chi connectivity index (χ0n) is 31.2. The fraction of sp³-hybridized carbons (Fsp3) is 0.356. The Hall–Kier alpha value is -5.45. The van der Waals surface area contributed by atoms with Crippen molar-refractivity contribution >= 4 is 5.97 Å². The van der Waals surface area contributed by atoms with Crippen molar-refractivity contribution in [3.63, 3.8) is 0 Å². The molecule has 1 spiro atoms. The number of benzene rings is 4. The molecular weight excluding hydrogens is 697 g/mol. The van der Waals surface area contributed by atoms with Crippen LogP contribution >= 0.6 is 0 Å². The number of allylic oxidation sites excluding steroid dienone is 2. The van der Waals surface area contributed by atoms with E-state index >= 15 is 0 Å². The van der Waals surface area contributed by atoms with E-state index in [2.05, 4.69) is 47.9 Å². The Morgan fingerprint density at radius 2 is 1.91 bits per heavy atom. The number of nitrogens with two attached hydrogens (primary N) is 1. The number of nitrogens with one attached hydrogen (secondary N) is 1. The van der Waals surface area contributed by atoms with Crippen LogP contribution in [0.4, 0.5) is 0 Å². The van der Waals surface area contributed by atoms with Crippen LogP contribution in [0.25, 0.3) is 11.1 Å². The molecule has 2 heterocycles. The molecule has 2 aliphatic heterocycles. The highest BCUT2D eigenvalue weighted by Gasteiger charge is 2.51. The molecule has 0 amide bonds. The molecule has 4 aromatic carbocycles. The number of fused-ring (bicyclic) bond motifs is 6. The quantitative estimate of drug-likeness (QED) is 0.0798. The summed E-state index contributed by atoms with van der Waals surface area (Å²) in [6.45, 7) is 0.961. The van der Waals surface area contributed by atoms with Crippen LogP contribution < -0.4 is 25.3 Å². The van der Waals surface area contributed by atoms with Crippen molar-refractivity contribution in [2.45, 2.75) is 69.1 Å². The summed E-state index contributed by atoms with van der Waals surface area (Å²) in [5.41, 5.74) is 13.9. The molecule has 0 bridgehead atoms. The molecule has 10 heteroatoms. The first-order valence-electron chi connectivity index (χ1n) is 19.1. The van der Waals surface area contributed by atoms with Gasteiger partial charge in [0.1, 0.15) is 30.0 Å². The number of carbonyl (C=O) groups excluding carboxylic acids is 1. The number of hydrogen-bond acceptors (Lipinski definition) is 10. The number of esters is 1. The number of ether oxygens (including phenoxy) is 4. The minimum atomic E-state index is -0.543. The van der Waals surface area contributed by atoms with Gasteiger partial charge >= 0.3 is 5.97 Å². The monoisotopic (exact) mass is 744 g/mol. The lowest BCUT2D eigenvalue weighted by molar-refractivity contribution is -0.141. The number of phenols is 2. The summed E-state index contributed by atoms with van der Waals surface area (Å²) in [7, 11) is 1.51. The Morgan fingerprint density at radius 1 is 1.07 bits per heavy atom. The molecule has 286 valence electrons. The first-order chi connectivity index (χ1) is 26.7. The molecule has 0 saturated heterocycles. The third-order valence-corrected chi connectivity index (χ3v) is 12.1. The average molecular weight is 745 g/mol.